The molecule has 0 aliphatic carbocycles. The van der Waals surface area contributed by atoms with Crippen molar-refractivity contribution in [3.05, 3.63) is 52.9 Å². The second-order valence-corrected chi connectivity index (χ2v) is 8.65. The van der Waals surface area contributed by atoms with Gasteiger partial charge in [0.05, 0.1) is 12.3 Å². The van der Waals surface area contributed by atoms with Crippen molar-refractivity contribution in [2.24, 2.45) is 0 Å². The lowest BCUT2D eigenvalue weighted by Gasteiger charge is -2.25. The van der Waals surface area contributed by atoms with Gasteiger partial charge >= 0.3 is 0 Å². The lowest BCUT2D eigenvalue weighted by atomic mass is 10.2. The van der Waals surface area contributed by atoms with Gasteiger partial charge in [-0.15, -0.1) is 0 Å². The Bertz CT molecular complexity index is 1030. The van der Waals surface area contributed by atoms with E-state index in [1.54, 1.807) is 24.3 Å². The Balaban J connectivity index is 1.80. The summed E-state index contributed by atoms with van der Waals surface area (Å²) in [6.07, 6.45) is 3.95. The number of para-hydroxylation sites is 2. The minimum absolute atomic E-state index is 0.301. The molecule has 0 bridgehead atoms. The van der Waals surface area contributed by atoms with Crippen molar-refractivity contribution in [1.29, 1.82) is 0 Å². The van der Waals surface area contributed by atoms with Crippen LogP contribution >= 0.6 is 0 Å². The number of anilines is 1. The van der Waals surface area contributed by atoms with Crippen LogP contribution in [0.5, 0.6) is 5.75 Å². The molecule has 8 nitrogen and oxygen atoms in total. The summed E-state index contributed by atoms with van der Waals surface area (Å²) in [6, 6.07) is 9.75. The number of amides is 1. The van der Waals surface area contributed by atoms with E-state index >= 15 is 0 Å². The fourth-order valence-corrected chi connectivity index (χ4v) is 4.88. The van der Waals surface area contributed by atoms with Crippen molar-refractivity contribution >= 4 is 21.6 Å². The first-order valence-corrected chi connectivity index (χ1v) is 11.1. The summed E-state index contributed by atoms with van der Waals surface area (Å²) in [5.74, 6) is 0.0731. The number of hydrogen-bond acceptors (Lipinski definition) is 5. The van der Waals surface area contributed by atoms with Crippen LogP contribution in [-0.2, 0) is 21.4 Å². The zero-order valence-electron chi connectivity index (χ0n) is 16.3. The number of piperidine rings is 1. The maximum Gasteiger partial charge on any atom is 0.271 e. The number of rotatable bonds is 7. The van der Waals surface area contributed by atoms with Gasteiger partial charge in [0, 0.05) is 19.3 Å². The highest BCUT2D eigenvalue weighted by Crippen LogP contribution is 2.23. The van der Waals surface area contributed by atoms with E-state index in [0.717, 1.165) is 23.8 Å². The number of ether oxygens (including phenoxy) is 1. The van der Waals surface area contributed by atoms with Gasteiger partial charge in [-0.2, -0.15) is 4.31 Å². The number of pyridine rings is 1. The topological polar surface area (TPSA) is 97.7 Å². The third-order valence-corrected chi connectivity index (χ3v) is 6.60. The lowest BCUT2D eigenvalue weighted by Crippen LogP contribution is -2.39. The van der Waals surface area contributed by atoms with Gasteiger partial charge < -0.3 is 14.6 Å². The minimum Gasteiger partial charge on any atom is -0.492 e. The molecule has 2 aromatic rings. The summed E-state index contributed by atoms with van der Waals surface area (Å²) in [4.78, 5) is 24.9. The predicted octanol–water partition coefficient (Wildman–Crippen LogP) is 2.06. The number of nitrogens with zero attached hydrogens (tertiary/aromatic N) is 2. The molecule has 1 aromatic carbocycles. The van der Waals surface area contributed by atoms with Gasteiger partial charge in [0.1, 0.15) is 17.2 Å². The number of hydrogen-bond donors (Lipinski definition) is 1. The maximum absolute atomic E-state index is 12.8. The zero-order chi connectivity index (χ0) is 20.9. The minimum atomic E-state index is -3.88. The van der Waals surface area contributed by atoms with Gasteiger partial charge in [-0.3, -0.25) is 9.59 Å². The fraction of sp³-hybridized carbons (Fsp3) is 0.400. The summed E-state index contributed by atoms with van der Waals surface area (Å²) in [5, 5.41) is 2.71. The average molecular weight is 420 g/mol. The van der Waals surface area contributed by atoms with Crippen LogP contribution < -0.4 is 15.6 Å². The molecule has 1 aliphatic heterocycles. The zero-order valence-corrected chi connectivity index (χ0v) is 17.2. The summed E-state index contributed by atoms with van der Waals surface area (Å²) < 4.78 is 33.6. The molecule has 0 spiro atoms. The van der Waals surface area contributed by atoms with Crippen molar-refractivity contribution in [2.75, 3.05) is 25.0 Å². The van der Waals surface area contributed by atoms with E-state index in [4.69, 9.17) is 4.74 Å². The molecule has 0 unspecified atom stereocenters. The Hall–Kier alpha value is -2.65. The number of sulfonamides is 1. The van der Waals surface area contributed by atoms with Gasteiger partial charge in [-0.05, 0) is 44.0 Å². The predicted molar refractivity (Wildman–Crippen MR) is 110 cm³/mol. The molecule has 1 amide bonds. The maximum atomic E-state index is 12.8. The number of carbonyl (C=O) groups excluding carboxylic acids is 1. The second-order valence-electron chi connectivity index (χ2n) is 6.75. The van der Waals surface area contributed by atoms with E-state index in [9.17, 15) is 18.0 Å². The van der Waals surface area contributed by atoms with E-state index in [1.165, 1.54) is 22.6 Å². The van der Waals surface area contributed by atoms with Crippen LogP contribution in [0.25, 0.3) is 0 Å². The number of benzene rings is 1. The summed E-state index contributed by atoms with van der Waals surface area (Å²) in [7, 11) is -3.88. The summed E-state index contributed by atoms with van der Waals surface area (Å²) in [5.41, 5.74) is -0.212. The first-order valence-electron chi connectivity index (χ1n) is 9.64. The summed E-state index contributed by atoms with van der Waals surface area (Å²) >= 11 is 0. The van der Waals surface area contributed by atoms with Crippen molar-refractivity contribution in [3.63, 3.8) is 0 Å². The van der Waals surface area contributed by atoms with Crippen molar-refractivity contribution in [1.82, 2.24) is 8.87 Å². The smallest absolute Gasteiger partial charge is 0.271 e. The Morgan fingerprint density at radius 2 is 1.83 bits per heavy atom. The molecule has 0 atom stereocenters. The Morgan fingerprint density at radius 3 is 2.55 bits per heavy atom. The van der Waals surface area contributed by atoms with Gasteiger partial charge in [0.2, 0.25) is 15.9 Å². The Labute approximate surface area is 170 Å². The first kappa shape index (κ1) is 21.1. The third kappa shape index (κ3) is 4.86. The molecular weight excluding hydrogens is 394 g/mol. The van der Waals surface area contributed by atoms with Crippen LogP contribution in [0.4, 0.5) is 5.69 Å². The second kappa shape index (κ2) is 9.23. The molecule has 29 heavy (non-hydrogen) atoms. The number of nitrogens with one attached hydrogen (secondary N) is 1. The molecular formula is C20H25N3O5S. The standard InChI is InChI=1S/C20H25N3O5S/c1-2-28-17-10-5-4-9-16(17)21-19(24)15-22-12-8-11-18(20(22)25)29(26,27)23-13-6-3-7-14-23/h4-5,8-12H,2-3,6-7,13-15H2,1H3,(H,21,24). The van der Waals surface area contributed by atoms with Crippen molar-refractivity contribution < 1.29 is 17.9 Å². The largest absolute Gasteiger partial charge is 0.492 e. The van der Waals surface area contributed by atoms with Gasteiger partial charge in [-0.25, -0.2) is 8.42 Å². The van der Waals surface area contributed by atoms with Crippen LogP contribution in [0, 0.1) is 0 Å². The van der Waals surface area contributed by atoms with Crippen LogP contribution in [0.3, 0.4) is 0 Å². The number of aromatic nitrogens is 1. The molecule has 1 aromatic heterocycles. The molecule has 9 heteroatoms. The van der Waals surface area contributed by atoms with Gasteiger partial charge in [-0.1, -0.05) is 18.6 Å². The average Bonchev–Trinajstić information content (AvgIpc) is 2.72. The van der Waals surface area contributed by atoms with Crippen LogP contribution in [0.1, 0.15) is 26.2 Å². The normalized spacial score (nSPS) is 15.1. The van der Waals surface area contributed by atoms with Gasteiger partial charge in [0.25, 0.3) is 5.56 Å². The number of carbonyl (C=O) groups is 1. The van der Waals surface area contributed by atoms with E-state index in [2.05, 4.69) is 5.32 Å². The quantitative estimate of drug-likeness (QED) is 0.741. The summed E-state index contributed by atoms with van der Waals surface area (Å²) in [6.45, 7) is 2.80. The van der Waals surface area contributed by atoms with E-state index in [0.29, 0.717) is 31.1 Å². The molecule has 0 saturated carbocycles. The Kier molecular flexibility index (Phi) is 6.71. The highest BCUT2D eigenvalue weighted by atomic mass is 32.2. The van der Waals surface area contributed by atoms with Crippen LogP contribution in [-0.4, -0.2) is 42.9 Å². The van der Waals surface area contributed by atoms with Crippen LogP contribution in [0.2, 0.25) is 0 Å². The molecule has 1 aliphatic rings. The molecule has 1 saturated heterocycles. The molecule has 2 heterocycles. The lowest BCUT2D eigenvalue weighted by molar-refractivity contribution is -0.116. The van der Waals surface area contributed by atoms with Crippen molar-refractivity contribution in [3.8, 4) is 5.75 Å². The molecule has 156 valence electrons. The van der Waals surface area contributed by atoms with Gasteiger partial charge in [0.15, 0.2) is 0 Å². The monoisotopic (exact) mass is 419 g/mol. The fourth-order valence-electron chi connectivity index (χ4n) is 3.28. The third-order valence-electron chi connectivity index (χ3n) is 4.69. The van der Waals surface area contributed by atoms with E-state index in [1.807, 2.05) is 6.92 Å². The van der Waals surface area contributed by atoms with E-state index in [-0.39, 0.29) is 11.4 Å². The van der Waals surface area contributed by atoms with Crippen LogP contribution in [0.15, 0.2) is 52.3 Å². The highest BCUT2D eigenvalue weighted by Gasteiger charge is 2.29. The SMILES string of the molecule is CCOc1ccccc1NC(=O)Cn1cccc(S(=O)(=O)N2CCCCC2)c1=O. The first-order chi connectivity index (χ1) is 13.9. The molecule has 3 rings (SSSR count). The van der Waals surface area contributed by atoms with Crippen molar-refractivity contribution in [2.45, 2.75) is 37.6 Å². The molecule has 1 fully saturated rings. The van der Waals surface area contributed by atoms with E-state index < -0.39 is 21.5 Å². The Morgan fingerprint density at radius 1 is 1.10 bits per heavy atom. The molecule has 0 radical (unpaired) electrons. The molecule has 1 N–H and O–H groups in total. The highest BCUT2D eigenvalue weighted by molar-refractivity contribution is 7.89.